The molecule has 1 aromatic rings. The number of hydrogen-bond acceptors (Lipinski definition) is 4. The van der Waals surface area contributed by atoms with E-state index in [1.807, 2.05) is 7.05 Å². The monoisotopic (exact) mass is 272 g/mol. The van der Waals surface area contributed by atoms with Crippen LogP contribution in [0, 0.1) is 0 Å². The number of carbonyl (C=O) groups is 2. The van der Waals surface area contributed by atoms with E-state index < -0.39 is 24.5 Å². The average molecular weight is 272 g/mol. The first-order chi connectivity index (χ1) is 8.86. The molecule has 0 aliphatic heterocycles. The average Bonchev–Trinajstić information content (AvgIpc) is 2.72. The number of carboxylic acids is 2. The molecular weight excluding hydrogens is 252 g/mol. The summed E-state index contributed by atoms with van der Waals surface area (Å²) in [7, 11) is 2.04. The number of unbranched alkanes of at least 4 members (excludes halogenated alkanes) is 1. The van der Waals surface area contributed by atoms with E-state index in [4.69, 9.17) is 10.2 Å². The SMILES string of the molecule is CCCCn1cc[n+](C)c1.O=C(O)CC(O)C(=O)[O-]. The van der Waals surface area contributed by atoms with Gasteiger partial charge in [-0.1, -0.05) is 13.3 Å². The molecule has 7 heteroatoms. The van der Waals surface area contributed by atoms with E-state index in [-0.39, 0.29) is 0 Å². The van der Waals surface area contributed by atoms with E-state index in [1.165, 1.54) is 12.8 Å². The lowest BCUT2D eigenvalue weighted by atomic mass is 10.3. The van der Waals surface area contributed by atoms with Gasteiger partial charge in [0, 0.05) is 0 Å². The number of imidazole rings is 1. The molecule has 108 valence electrons. The Hall–Kier alpha value is -1.89. The van der Waals surface area contributed by atoms with Crippen LogP contribution in [0.2, 0.25) is 0 Å². The zero-order chi connectivity index (χ0) is 14.8. The van der Waals surface area contributed by atoms with Crippen LogP contribution in [0.4, 0.5) is 0 Å². The summed E-state index contributed by atoms with van der Waals surface area (Å²) in [5.41, 5.74) is 0. The predicted octanol–water partition coefficient (Wildman–Crippen LogP) is -1.32. The molecule has 1 aromatic heterocycles. The number of aromatic nitrogens is 2. The van der Waals surface area contributed by atoms with Crippen LogP contribution in [0.5, 0.6) is 0 Å². The van der Waals surface area contributed by atoms with E-state index in [0.717, 1.165) is 6.54 Å². The van der Waals surface area contributed by atoms with Gasteiger partial charge in [-0.3, -0.25) is 4.79 Å². The molecule has 7 nitrogen and oxygen atoms in total. The molecule has 0 spiro atoms. The molecule has 2 N–H and O–H groups in total. The first-order valence-electron chi connectivity index (χ1n) is 5.98. The summed E-state index contributed by atoms with van der Waals surface area (Å²) in [6, 6.07) is 0. The number of carbonyl (C=O) groups excluding carboxylic acids is 1. The number of hydrogen-bond donors (Lipinski definition) is 2. The topological polar surface area (TPSA) is 106 Å². The standard InChI is InChI=1S/C8H15N2.C4H6O5/c1-3-4-5-10-7-6-9(2)8-10;5-2(4(8)9)1-3(6)7/h6-8H,3-5H2,1-2H3;2,5H,1H2,(H,6,7)(H,8,9)/q+1;/p-1. The quantitative estimate of drug-likeness (QED) is 0.625. The molecule has 1 atom stereocenters. The van der Waals surface area contributed by atoms with E-state index in [9.17, 15) is 14.7 Å². The molecule has 1 heterocycles. The lowest BCUT2D eigenvalue weighted by molar-refractivity contribution is -0.671. The number of aliphatic carboxylic acids is 2. The Bertz CT molecular complexity index is 403. The molecule has 0 fully saturated rings. The summed E-state index contributed by atoms with van der Waals surface area (Å²) < 4.78 is 4.28. The van der Waals surface area contributed by atoms with E-state index in [2.05, 4.69) is 34.8 Å². The molecule has 0 aliphatic rings. The molecule has 0 radical (unpaired) electrons. The summed E-state index contributed by atoms with van der Waals surface area (Å²) in [6.07, 6.45) is 6.10. The van der Waals surface area contributed by atoms with Crippen molar-refractivity contribution in [2.24, 2.45) is 7.05 Å². The highest BCUT2D eigenvalue weighted by atomic mass is 16.4. The van der Waals surface area contributed by atoms with Crippen LogP contribution >= 0.6 is 0 Å². The minimum Gasteiger partial charge on any atom is -0.547 e. The highest BCUT2D eigenvalue weighted by Crippen LogP contribution is 1.91. The summed E-state index contributed by atoms with van der Waals surface area (Å²) >= 11 is 0. The normalized spacial score (nSPS) is 11.3. The molecular formula is C12H20N2O5. The Morgan fingerprint density at radius 1 is 1.47 bits per heavy atom. The number of nitrogens with zero attached hydrogens (tertiary/aromatic N) is 2. The number of aliphatic hydroxyl groups is 1. The number of aryl methyl sites for hydroxylation is 2. The largest absolute Gasteiger partial charge is 0.547 e. The molecule has 19 heavy (non-hydrogen) atoms. The van der Waals surface area contributed by atoms with Crippen molar-refractivity contribution in [1.82, 2.24) is 4.57 Å². The van der Waals surface area contributed by atoms with Crippen molar-refractivity contribution in [2.75, 3.05) is 0 Å². The number of rotatable bonds is 6. The van der Waals surface area contributed by atoms with Crippen molar-refractivity contribution in [3.05, 3.63) is 18.7 Å². The molecule has 1 unspecified atom stereocenters. The first-order valence-corrected chi connectivity index (χ1v) is 5.98. The fourth-order valence-corrected chi connectivity index (χ4v) is 1.22. The van der Waals surface area contributed by atoms with Gasteiger partial charge in [-0.25, -0.2) is 9.13 Å². The van der Waals surface area contributed by atoms with Gasteiger partial charge < -0.3 is 20.1 Å². The van der Waals surface area contributed by atoms with Gasteiger partial charge in [-0.15, -0.1) is 0 Å². The second kappa shape index (κ2) is 9.09. The van der Waals surface area contributed by atoms with Gasteiger partial charge in [0.2, 0.25) is 6.33 Å². The van der Waals surface area contributed by atoms with Crippen molar-refractivity contribution >= 4 is 11.9 Å². The van der Waals surface area contributed by atoms with Crippen LogP contribution in [0.1, 0.15) is 26.2 Å². The van der Waals surface area contributed by atoms with E-state index >= 15 is 0 Å². The fraction of sp³-hybridized carbons (Fsp3) is 0.583. The Morgan fingerprint density at radius 3 is 2.42 bits per heavy atom. The number of carboxylic acid groups (broad SMARTS) is 2. The van der Waals surface area contributed by atoms with Gasteiger partial charge in [0.05, 0.1) is 26.0 Å². The Balaban J connectivity index is 0.000000344. The number of aliphatic hydroxyl groups excluding tert-OH is 1. The summed E-state index contributed by atoms with van der Waals surface area (Å²) in [5.74, 6) is -3.14. The van der Waals surface area contributed by atoms with Crippen molar-refractivity contribution in [3.63, 3.8) is 0 Å². The van der Waals surface area contributed by atoms with E-state index in [0.29, 0.717) is 0 Å². The minimum absolute atomic E-state index is 0.817. The lowest BCUT2D eigenvalue weighted by Crippen LogP contribution is -2.36. The van der Waals surface area contributed by atoms with Crippen LogP contribution in [0.3, 0.4) is 0 Å². The molecule has 0 saturated heterocycles. The molecule has 0 saturated carbocycles. The van der Waals surface area contributed by atoms with Crippen LogP contribution in [0.25, 0.3) is 0 Å². The molecule has 0 bridgehead atoms. The van der Waals surface area contributed by atoms with Crippen molar-refractivity contribution in [3.8, 4) is 0 Å². The zero-order valence-corrected chi connectivity index (χ0v) is 11.2. The first kappa shape index (κ1) is 17.1. The van der Waals surface area contributed by atoms with E-state index in [1.54, 1.807) is 0 Å². The molecule has 0 aliphatic carbocycles. The lowest BCUT2D eigenvalue weighted by Gasteiger charge is -2.06. The fourth-order valence-electron chi connectivity index (χ4n) is 1.22. The maximum atomic E-state index is 9.66. The van der Waals surface area contributed by atoms with Gasteiger partial charge in [0.1, 0.15) is 18.5 Å². The summed E-state index contributed by atoms with van der Waals surface area (Å²) in [5, 5.41) is 25.7. The van der Waals surface area contributed by atoms with Crippen molar-refractivity contribution < 1.29 is 29.5 Å². The maximum absolute atomic E-state index is 9.66. The van der Waals surface area contributed by atoms with Crippen molar-refractivity contribution in [1.29, 1.82) is 0 Å². The second-order valence-electron chi connectivity index (χ2n) is 4.10. The van der Waals surface area contributed by atoms with Crippen LogP contribution in [0.15, 0.2) is 18.7 Å². The van der Waals surface area contributed by atoms with Gasteiger partial charge in [0.15, 0.2) is 0 Å². The minimum atomic E-state index is -1.90. The third-order valence-corrected chi connectivity index (χ3v) is 2.23. The van der Waals surface area contributed by atoms with Crippen LogP contribution in [-0.2, 0) is 23.2 Å². The molecule has 0 aromatic carbocycles. The third kappa shape index (κ3) is 8.78. The smallest absolute Gasteiger partial charge is 0.306 e. The van der Waals surface area contributed by atoms with Gasteiger partial charge in [-0.2, -0.15) is 0 Å². The Labute approximate surface area is 111 Å². The Morgan fingerprint density at radius 2 is 2.11 bits per heavy atom. The molecule has 0 amide bonds. The maximum Gasteiger partial charge on any atom is 0.306 e. The predicted molar refractivity (Wildman–Crippen MR) is 63.8 cm³/mol. The van der Waals surface area contributed by atoms with Gasteiger partial charge >= 0.3 is 5.97 Å². The van der Waals surface area contributed by atoms with Gasteiger partial charge in [0.25, 0.3) is 0 Å². The second-order valence-corrected chi connectivity index (χ2v) is 4.10. The highest BCUT2D eigenvalue weighted by Gasteiger charge is 2.08. The van der Waals surface area contributed by atoms with Crippen molar-refractivity contribution in [2.45, 2.75) is 38.8 Å². The zero-order valence-electron chi connectivity index (χ0n) is 11.2. The van der Waals surface area contributed by atoms with Crippen LogP contribution in [-0.4, -0.2) is 32.8 Å². The third-order valence-electron chi connectivity index (χ3n) is 2.23. The molecule has 1 rings (SSSR count). The summed E-state index contributed by atoms with van der Waals surface area (Å²) in [4.78, 5) is 19.3. The van der Waals surface area contributed by atoms with Crippen LogP contribution < -0.4 is 9.67 Å². The Kier molecular flexibility index (Phi) is 8.19. The highest BCUT2D eigenvalue weighted by molar-refractivity contribution is 5.77. The van der Waals surface area contributed by atoms with Gasteiger partial charge in [-0.05, 0) is 6.42 Å². The summed E-state index contributed by atoms with van der Waals surface area (Å²) in [6.45, 7) is 3.36.